The van der Waals surface area contributed by atoms with E-state index in [2.05, 4.69) is 15.6 Å². The molecule has 1 rings (SSSR count). The summed E-state index contributed by atoms with van der Waals surface area (Å²) in [6, 6.07) is 0. The van der Waals surface area contributed by atoms with E-state index in [1.165, 1.54) is 11.3 Å². The third-order valence-corrected chi connectivity index (χ3v) is 2.41. The standard InChI is InChI=1S/C8H10ClN3O2S/c9-2-1-3-10-6(13)7(14)12-8-11-4-5-15-8/h4-5H,1-3H2,(H,10,13)(H,11,12,14). The summed E-state index contributed by atoms with van der Waals surface area (Å²) < 4.78 is 0. The molecule has 5 nitrogen and oxygen atoms in total. The highest BCUT2D eigenvalue weighted by Gasteiger charge is 2.13. The maximum absolute atomic E-state index is 11.2. The van der Waals surface area contributed by atoms with E-state index < -0.39 is 11.8 Å². The van der Waals surface area contributed by atoms with Gasteiger partial charge in [0.2, 0.25) is 0 Å². The third-order valence-electron chi connectivity index (χ3n) is 1.45. The smallest absolute Gasteiger partial charge is 0.315 e. The van der Waals surface area contributed by atoms with Crippen LogP contribution in [0.4, 0.5) is 5.13 Å². The Bertz CT molecular complexity index is 329. The van der Waals surface area contributed by atoms with E-state index in [0.29, 0.717) is 24.0 Å². The number of anilines is 1. The van der Waals surface area contributed by atoms with Crippen LogP contribution in [0.25, 0.3) is 0 Å². The predicted molar refractivity (Wildman–Crippen MR) is 59.1 cm³/mol. The highest BCUT2D eigenvalue weighted by Crippen LogP contribution is 2.09. The Hall–Kier alpha value is -1.14. The summed E-state index contributed by atoms with van der Waals surface area (Å²) in [6.07, 6.45) is 2.18. The van der Waals surface area contributed by atoms with Crippen LogP contribution in [0.15, 0.2) is 11.6 Å². The molecule has 1 aromatic heterocycles. The molecule has 0 aromatic carbocycles. The van der Waals surface area contributed by atoms with Crippen LogP contribution < -0.4 is 10.6 Å². The first-order valence-electron chi connectivity index (χ1n) is 4.28. The van der Waals surface area contributed by atoms with Crippen molar-refractivity contribution in [3.8, 4) is 0 Å². The van der Waals surface area contributed by atoms with Crippen LogP contribution >= 0.6 is 22.9 Å². The molecule has 0 aliphatic heterocycles. The molecule has 0 bridgehead atoms. The molecule has 15 heavy (non-hydrogen) atoms. The van der Waals surface area contributed by atoms with Gasteiger partial charge in [-0.3, -0.25) is 14.9 Å². The molecule has 1 heterocycles. The minimum Gasteiger partial charge on any atom is -0.348 e. The molecule has 0 spiro atoms. The number of nitrogens with one attached hydrogen (secondary N) is 2. The van der Waals surface area contributed by atoms with Crippen molar-refractivity contribution in [3.63, 3.8) is 0 Å². The highest BCUT2D eigenvalue weighted by molar-refractivity contribution is 7.13. The second kappa shape index (κ2) is 6.36. The fourth-order valence-corrected chi connectivity index (χ4v) is 1.45. The van der Waals surface area contributed by atoms with E-state index in [4.69, 9.17) is 11.6 Å². The second-order valence-corrected chi connectivity index (χ2v) is 3.86. The van der Waals surface area contributed by atoms with Gasteiger partial charge < -0.3 is 5.32 Å². The SMILES string of the molecule is O=C(NCCCCl)C(=O)Nc1nccs1. The van der Waals surface area contributed by atoms with Gasteiger partial charge in [-0.1, -0.05) is 0 Å². The Labute approximate surface area is 95.8 Å². The van der Waals surface area contributed by atoms with Crippen molar-refractivity contribution in [2.24, 2.45) is 0 Å². The van der Waals surface area contributed by atoms with Gasteiger partial charge in [-0.25, -0.2) is 4.98 Å². The fourth-order valence-electron chi connectivity index (χ4n) is 0.788. The van der Waals surface area contributed by atoms with E-state index >= 15 is 0 Å². The van der Waals surface area contributed by atoms with Gasteiger partial charge in [-0.15, -0.1) is 22.9 Å². The van der Waals surface area contributed by atoms with E-state index in [0.717, 1.165) is 0 Å². The van der Waals surface area contributed by atoms with Crippen LogP contribution in [-0.2, 0) is 9.59 Å². The lowest BCUT2D eigenvalue weighted by Crippen LogP contribution is -2.35. The lowest BCUT2D eigenvalue weighted by molar-refractivity contribution is -0.136. The molecule has 0 aliphatic rings. The fraction of sp³-hybridized carbons (Fsp3) is 0.375. The largest absolute Gasteiger partial charge is 0.348 e. The number of hydrogen-bond acceptors (Lipinski definition) is 4. The van der Waals surface area contributed by atoms with Crippen LogP contribution in [0.3, 0.4) is 0 Å². The van der Waals surface area contributed by atoms with E-state index in [1.54, 1.807) is 11.6 Å². The van der Waals surface area contributed by atoms with Crippen LogP contribution in [0.5, 0.6) is 0 Å². The number of halogens is 1. The summed E-state index contributed by atoms with van der Waals surface area (Å²) in [5.74, 6) is -0.927. The number of carbonyl (C=O) groups is 2. The molecule has 0 unspecified atom stereocenters. The van der Waals surface area contributed by atoms with Gasteiger partial charge in [0.1, 0.15) is 0 Å². The van der Waals surface area contributed by atoms with E-state index in [1.807, 2.05) is 0 Å². The number of rotatable bonds is 4. The van der Waals surface area contributed by atoms with Gasteiger partial charge in [0.15, 0.2) is 5.13 Å². The van der Waals surface area contributed by atoms with Crippen molar-refractivity contribution < 1.29 is 9.59 Å². The number of alkyl halides is 1. The lowest BCUT2D eigenvalue weighted by Gasteiger charge is -2.02. The van der Waals surface area contributed by atoms with Crippen LogP contribution in [0.1, 0.15) is 6.42 Å². The first-order chi connectivity index (χ1) is 7.24. The summed E-state index contributed by atoms with van der Waals surface area (Å²) in [4.78, 5) is 26.2. The van der Waals surface area contributed by atoms with E-state index in [9.17, 15) is 9.59 Å². The molecular weight excluding hydrogens is 238 g/mol. The average Bonchev–Trinajstić information content (AvgIpc) is 2.70. The zero-order valence-electron chi connectivity index (χ0n) is 7.83. The zero-order valence-corrected chi connectivity index (χ0v) is 9.40. The molecule has 0 radical (unpaired) electrons. The van der Waals surface area contributed by atoms with Gasteiger partial charge >= 0.3 is 11.8 Å². The average molecular weight is 248 g/mol. The summed E-state index contributed by atoms with van der Waals surface area (Å²) in [6.45, 7) is 0.396. The van der Waals surface area contributed by atoms with Crippen LogP contribution in [0.2, 0.25) is 0 Å². The third kappa shape index (κ3) is 4.26. The molecule has 0 saturated heterocycles. The molecule has 0 aliphatic carbocycles. The van der Waals surface area contributed by atoms with Crippen molar-refractivity contribution in [2.75, 3.05) is 17.7 Å². The monoisotopic (exact) mass is 247 g/mol. The first kappa shape index (κ1) is 11.9. The van der Waals surface area contributed by atoms with Crippen molar-refractivity contribution in [1.29, 1.82) is 0 Å². The van der Waals surface area contributed by atoms with Gasteiger partial charge in [-0.2, -0.15) is 0 Å². The highest BCUT2D eigenvalue weighted by atomic mass is 35.5. The Kier molecular flexibility index (Phi) is 5.06. The van der Waals surface area contributed by atoms with Crippen molar-refractivity contribution in [1.82, 2.24) is 10.3 Å². The molecule has 0 atom stereocenters. The molecule has 82 valence electrons. The molecular formula is C8H10ClN3O2S. The number of nitrogens with zero attached hydrogens (tertiary/aromatic N) is 1. The topological polar surface area (TPSA) is 71.1 Å². The second-order valence-electron chi connectivity index (χ2n) is 2.59. The zero-order chi connectivity index (χ0) is 11.1. The van der Waals surface area contributed by atoms with Crippen LogP contribution in [0, 0.1) is 0 Å². The quantitative estimate of drug-likeness (QED) is 0.470. The molecule has 0 saturated carbocycles. The van der Waals surface area contributed by atoms with Gasteiger partial charge in [0.25, 0.3) is 0 Å². The normalized spacial score (nSPS) is 9.67. The Morgan fingerprint density at radius 3 is 2.87 bits per heavy atom. The molecule has 0 fully saturated rings. The maximum atomic E-state index is 11.2. The van der Waals surface area contributed by atoms with Crippen LogP contribution in [-0.4, -0.2) is 29.2 Å². The maximum Gasteiger partial charge on any atom is 0.315 e. The predicted octanol–water partition coefficient (Wildman–Crippen LogP) is 0.827. The Balaban J connectivity index is 2.30. The minimum atomic E-state index is -0.709. The molecule has 1 aromatic rings. The number of carbonyl (C=O) groups excluding carboxylic acids is 2. The Morgan fingerprint density at radius 1 is 1.47 bits per heavy atom. The van der Waals surface area contributed by atoms with Gasteiger partial charge in [0, 0.05) is 24.0 Å². The summed E-state index contributed by atoms with van der Waals surface area (Å²) in [5.41, 5.74) is 0. The molecule has 2 N–H and O–H groups in total. The molecule has 7 heteroatoms. The van der Waals surface area contributed by atoms with Crippen molar-refractivity contribution in [3.05, 3.63) is 11.6 Å². The summed E-state index contributed by atoms with van der Waals surface area (Å²) in [7, 11) is 0. The number of thiazole rings is 1. The molecule has 2 amide bonds. The van der Waals surface area contributed by atoms with Crippen molar-refractivity contribution in [2.45, 2.75) is 6.42 Å². The number of amides is 2. The van der Waals surface area contributed by atoms with Crippen molar-refractivity contribution >= 4 is 39.9 Å². The number of hydrogen-bond donors (Lipinski definition) is 2. The summed E-state index contributed by atoms with van der Waals surface area (Å²) in [5, 5.41) is 6.93. The number of aromatic nitrogens is 1. The summed E-state index contributed by atoms with van der Waals surface area (Å²) >= 11 is 6.67. The van der Waals surface area contributed by atoms with Gasteiger partial charge in [0.05, 0.1) is 0 Å². The van der Waals surface area contributed by atoms with Gasteiger partial charge in [-0.05, 0) is 6.42 Å². The lowest BCUT2D eigenvalue weighted by atomic mass is 10.4. The minimum absolute atomic E-state index is 0.396. The Morgan fingerprint density at radius 2 is 2.27 bits per heavy atom. The first-order valence-corrected chi connectivity index (χ1v) is 5.70. The van der Waals surface area contributed by atoms with E-state index in [-0.39, 0.29) is 0 Å².